The Morgan fingerprint density at radius 1 is 0.515 bits per heavy atom. The highest BCUT2D eigenvalue weighted by Gasteiger charge is 2.52. The fourth-order valence-electron chi connectivity index (χ4n) is 3.93. The van der Waals surface area contributed by atoms with Crippen molar-refractivity contribution in [3.63, 3.8) is 0 Å². The number of aliphatic hydroxyl groups is 10. The Bertz CT molecular complexity index is 622. The van der Waals surface area contributed by atoms with Gasteiger partial charge in [0, 0.05) is 0 Å². The van der Waals surface area contributed by atoms with Gasteiger partial charge in [-0.15, -0.1) is 0 Å². The van der Waals surface area contributed by atoms with E-state index in [0.29, 0.717) is 0 Å². The van der Waals surface area contributed by atoms with Crippen LogP contribution in [0.1, 0.15) is 6.92 Å². The summed E-state index contributed by atoms with van der Waals surface area (Å²) in [5, 5.41) is 99.6. The average Bonchev–Trinajstić information content (AvgIpc) is 2.80. The lowest BCUT2D eigenvalue weighted by molar-refractivity contribution is -0.390. The molecule has 3 aliphatic rings. The Morgan fingerprint density at radius 3 is 1.55 bits per heavy atom. The van der Waals surface area contributed by atoms with Crippen LogP contribution in [0.15, 0.2) is 0 Å². The van der Waals surface area contributed by atoms with Crippen molar-refractivity contribution in [2.24, 2.45) is 0 Å². The molecule has 0 bridgehead atoms. The number of ether oxygens (including phenoxy) is 5. The molecule has 33 heavy (non-hydrogen) atoms. The summed E-state index contributed by atoms with van der Waals surface area (Å²) in [5.74, 6) is 0. The second-order valence-electron chi connectivity index (χ2n) is 8.32. The SMILES string of the molecule is C[C@@H]1O[C@@H](O[C@H]2O[C@H](CO)[C@@H](O[C@H]3O[C@H](CO)[C@@H](O)[C@H](O)[C@H]3O)[C@H](O)[C@H]2O)[C@H](O)[C@H](O)[C@H]1O. The van der Waals surface area contributed by atoms with E-state index >= 15 is 0 Å². The Kier molecular flexibility index (Phi) is 8.99. The summed E-state index contributed by atoms with van der Waals surface area (Å²) in [6.07, 6.45) is -23.7. The molecule has 3 heterocycles. The lowest BCUT2D eigenvalue weighted by Gasteiger charge is -2.47. The normalized spacial score (nSPS) is 53.7. The Labute approximate surface area is 187 Å². The summed E-state index contributed by atoms with van der Waals surface area (Å²) in [6, 6.07) is 0. The van der Waals surface area contributed by atoms with Crippen molar-refractivity contribution in [2.75, 3.05) is 13.2 Å². The Hall–Kier alpha value is -0.600. The molecule has 3 saturated heterocycles. The zero-order valence-corrected chi connectivity index (χ0v) is 17.6. The number of hydrogen-bond acceptors (Lipinski definition) is 15. The van der Waals surface area contributed by atoms with E-state index in [2.05, 4.69) is 0 Å². The average molecular weight is 488 g/mol. The topological polar surface area (TPSA) is 248 Å². The minimum Gasteiger partial charge on any atom is -0.394 e. The molecule has 0 aromatic carbocycles. The largest absolute Gasteiger partial charge is 0.394 e. The van der Waals surface area contributed by atoms with Gasteiger partial charge in [0.05, 0.1) is 19.3 Å². The highest BCUT2D eigenvalue weighted by Crippen LogP contribution is 2.31. The predicted molar refractivity (Wildman–Crippen MR) is 99.8 cm³/mol. The van der Waals surface area contributed by atoms with Crippen LogP contribution in [-0.4, -0.2) is 156 Å². The number of hydrogen-bond donors (Lipinski definition) is 10. The fourth-order valence-corrected chi connectivity index (χ4v) is 3.93. The quantitative estimate of drug-likeness (QED) is 0.167. The lowest BCUT2D eigenvalue weighted by atomic mass is 9.96. The first-order chi connectivity index (χ1) is 15.5. The van der Waals surface area contributed by atoms with Gasteiger partial charge in [-0.2, -0.15) is 0 Å². The van der Waals surface area contributed by atoms with Gasteiger partial charge in [0.15, 0.2) is 18.9 Å². The van der Waals surface area contributed by atoms with Crippen LogP contribution in [0.25, 0.3) is 0 Å². The second kappa shape index (κ2) is 11.0. The minimum absolute atomic E-state index is 0.723. The van der Waals surface area contributed by atoms with E-state index in [1.54, 1.807) is 0 Å². The lowest BCUT2D eigenvalue weighted by Crippen LogP contribution is -2.66. The summed E-state index contributed by atoms with van der Waals surface area (Å²) in [5.41, 5.74) is 0. The van der Waals surface area contributed by atoms with Crippen molar-refractivity contribution in [2.45, 2.75) is 99.0 Å². The summed E-state index contributed by atoms with van der Waals surface area (Å²) < 4.78 is 26.7. The van der Waals surface area contributed by atoms with Gasteiger partial charge in [-0.1, -0.05) is 0 Å². The van der Waals surface area contributed by atoms with Crippen LogP contribution in [0.4, 0.5) is 0 Å². The molecule has 0 amide bonds. The van der Waals surface area contributed by atoms with E-state index in [4.69, 9.17) is 23.7 Å². The molecule has 0 aromatic heterocycles. The maximum Gasteiger partial charge on any atom is 0.189 e. The van der Waals surface area contributed by atoms with Gasteiger partial charge < -0.3 is 74.7 Å². The molecule has 15 nitrogen and oxygen atoms in total. The van der Waals surface area contributed by atoms with Crippen molar-refractivity contribution >= 4 is 0 Å². The maximum atomic E-state index is 10.6. The number of aliphatic hydroxyl groups excluding tert-OH is 10. The van der Waals surface area contributed by atoms with Crippen molar-refractivity contribution in [1.29, 1.82) is 0 Å². The van der Waals surface area contributed by atoms with Crippen LogP contribution in [0.5, 0.6) is 0 Å². The van der Waals surface area contributed by atoms with E-state index in [1.807, 2.05) is 0 Å². The van der Waals surface area contributed by atoms with E-state index in [0.717, 1.165) is 0 Å². The zero-order valence-electron chi connectivity index (χ0n) is 17.6. The van der Waals surface area contributed by atoms with Gasteiger partial charge in [0.1, 0.15) is 67.1 Å². The molecule has 0 spiro atoms. The van der Waals surface area contributed by atoms with Crippen LogP contribution < -0.4 is 0 Å². The van der Waals surface area contributed by atoms with Crippen molar-refractivity contribution in [3.05, 3.63) is 0 Å². The molecule has 3 fully saturated rings. The first-order valence-electron chi connectivity index (χ1n) is 10.4. The third kappa shape index (κ3) is 5.32. The molecule has 0 saturated carbocycles. The monoisotopic (exact) mass is 488 g/mol. The summed E-state index contributed by atoms with van der Waals surface area (Å²) in [7, 11) is 0. The van der Waals surface area contributed by atoms with Gasteiger partial charge in [0.25, 0.3) is 0 Å². The van der Waals surface area contributed by atoms with E-state index in [-0.39, 0.29) is 0 Å². The smallest absolute Gasteiger partial charge is 0.189 e. The van der Waals surface area contributed by atoms with Gasteiger partial charge in [-0.25, -0.2) is 0 Å². The van der Waals surface area contributed by atoms with Crippen LogP contribution in [0, 0.1) is 0 Å². The molecule has 0 aromatic rings. The minimum atomic E-state index is -1.85. The first-order valence-corrected chi connectivity index (χ1v) is 10.4. The molecule has 15 atom stereocenters. The van der Waals surface area contributed by atoms with Gasteiger partial charge in [0.2, 0.25) is 0 Å². The zero-order chi connectivity index (χ0) is 24.6. The molecule has 3 aliphatic heterocycles. The van der Waals surface area contributed by atoms with Gasteiger partial charge >= 0.3 is 0 Å². The summed E-state index contributed by atoms with van der Waals surface area (Å²) >= 11 is 0. The molecule has 0 unspecified atom stereocenters. The summed E-state index contributed by atoms with van der Waals surface area (Å²) in [6.45, 7) is -0.0965. The standard InChI is InChI=1S/C18H32O15/c1-4-7(21)9(23)12(26)16(29-4)33-18-14(28)11(25)15(6(3-20)31-18)32-17-13(27)10(24)8(22)5(2-19)30-17/h4-28H,2-3H2,1H3/t4-,5+,6+,7-,8+,9+,10-,11+,12+,13+,14+,15+,16-,17+,18+/m0/s1. The molecule has 0 aliphatic carbocycles. The molecule has 15 heteroatoms. The summed E-state index contributed by atoms with van der Waals surface area (Å²) in [4.78, 5) is 0. The molecule has 194 valence electrons. The maximum absolute atomic E-state index is 10.6. The van der Waals surface area contributed by atoms with Gasteiger partial charge in [-0.05, 0) is 6.92 Å². The highest BCUT2D eigenvalue weighted by atomic mass is 16.8. The van der Waals surface area contributed by atoms with E-state index in [1.165, 1.54) is 6.92 Å². The van der Waals surface area contributed by atoms with Crippen LogP contribution in [0.2, 0.25) is 0 Å². The van der Waals surface area contributed by atoms with Gasteiger partial charge in [-0.3, -0.25) is 0 Å². The van der Waals surface area contributed by atoms with Crippen LogP contribution >= 0.6 is 0 Å². The molecular formula is C18H32O15. The fraction of sp³-hybridized carbons (Fsp3) is 1.00. The van der Waals surface area contributed by atoms with Crippen molar-refractivity contribution in [3.8, 4) is 0 Å². The van der Waals surface area contributed by atoms with Crippen LogP contribution in [0.3, 0.4) is 0 Å². The third-order valence-corrected chi connectivity index (χ3v) is 6.04. The molecule has 0 radical (unpaired) electrons. The van der Waals surface area contributed by atoms with Crippen molar-refractivity contribution in [1.82, 2.24) is 0 Å². The first kappa shape index (κ1) is 27.0. The third-order valence-electron chi connectivity index (χ3n) is 6.04. The Morgan fingerprint density at radius 2 is 0.970 bits per heavy atom. The van der Waals surface area contributed by atoms with Crippen LogP contribution in [-0.2, 0) is 23.7 Å². The number of rotatable bonds is 6. The van der Waals surface area contributed by atoms with E-state index < -0.39 is 105 Å². The predicted octanol–water partition coefficient (Wildman–Crippen LogP) is -6.55. The Balaban J connectivity index is 1.69. The highest BCUT2D eigenvalue weighted by molar-refractivity contribution is 4.95. The second-order valence-corrected chi connectivity index (χ2v) is 8.32. The molecule has 3 rings (SSSR count). The molecule has 10 N–H and O–H groups in total. The van der Waals surface area contributed by atoms with E-state index in [9.17, 15) is 51.1 Å². The van der Waals surface area contributed by atoms with Crippen molar-refractivity contribution < 1.29 is 74.7 Å². The molecular weight excluding hydrogens is 456 g/mol.